The zero-order chi connectivity index (χ0) is 25.4. The second-order valence-corrected chi connectivity index (χ2v) is 12.4. The number of aromatic nitrogens is 3. The van der Waals surface area contributed by atoms with Gasteiger partial charge in [-0.15, -0.1) is 11.3 Å². The Morgan fingerprint density at radius 2 is 1.94 bits per heavy atom. The minimum atomic E-state index is -0.227. The fraction of sp³-hybridized carbons (Fsp3) is 0.240. The summed E-state index contributed by atoms with van der Waals surface area (Å²) in [6, 6.07) is 11.3. The number of nitrogens with one attached hydrogen (secondary N) is 1. The number of anilines is 1. The third kappa shape index (κ3) is 5.40. The number of hydrogen-bond acceptors (Lipinski definition) is 6. The average Bonchev–Trinajstić information content (AvgIpc) is 3.58. The van der Waals surface area contributed by atoms with Crippen LogP contribution >= 0.6 is 79.7 Å². The molecule has 1 aliphatic heterocycles. The largest absolute Gasteiger partial charge is 0.506 e. The number of hydrogen-bond donors (Lipinski definition) is 2. The molecule has 0 amide bonds. The molecule has 186 valence electrons. The Bertz CT molecular complexity index is 1440. The van der Waals surface area contributed by atoms with Gasteiger partial charge in [0.15, 0.2) is 5.15 Å². The summed E-state index contributed by atoms with van der Waals surface area (Å²) < 4.78 is 1.82. The molecule has 0 spiro atoms. The van der Waals surface area contributed by atoms with Crippen molar-refractivity contribution >= 4 is 90.6 Å². The highest BCUT2D eigenvalue weighted by molar-refractivity contribution is 14.1. The summed E-state index contributed by atoms with van der Waals surface area (Å²) in [7, 11) is 0. The van der Waals surface area contributed by atoms with Crippen molar-refractivity contribution in [2.45, 2.75) is 38.6 Å². The van der Waals surface area contributed by atoms with Crippen molar-refractivity contribution in [3.63, 3.8) is 0 Å². The maximum absolute atomic E-state index is 10.8. The molecule has 0 fully saturated rings. The van der Waals surface area contributed by atoms with Crippen molar-refractivity contribution in [2.24, 2.45) is 5.10 Å². The van der Waals surface area contributed by atoms with E-state index in [1.807, 2.05) is 46.8 Å². The SMILES string of the molecule is CCCCc1nc(Cl)c(C2CC(c3cc(I)cc(I)c3O)=NN2c2nc(-c3ccc(Cl)cc3)cs2)[nH]1. The van der Waals surface area contributed by atoms with E-state index in [2.05, 4.69) is 62.1 Å². The van der Waals surface area contributed by atoms with E-state index in [0.717, 1.165) is 65.6 Å². The third-order valence-electron chi connectivity index (χ3n) is 5.91. The summed E-state index contributed by atoms with van der Waals surface area (Å²) in [4.78, 5) is 12.9. The number of phenols is 1. The normalized spacial score (nSPS) is 15.5. The first-order valence-electron chi connectivity index (χ1n) is 11.3. The van der Waals surface area contributed by atoms with Crippen molar-refractivity contribution in [1.82, 2.24) is 15.0 Å². The van der Waals surface area contributed by atoms with Gasteiger partial charge in [-0.25, -0.2) is 15.0 Å². The van der Waals surface area contributed by atoms with Gasteiger partial charge >= 0.3 is 0 Å². The van der Waals surface area contributed by atoms with E-state index in [4.69, 9.17) is 33.3 Å². The quantitative estimate of drug-likeness (QED) is 0.185. The number of benzene rings is 2. The summed E-state index contributed by atoms with van der Waals surface area (Å²) in [6.07, 6.45) is 3.50. The number of aromatic hydroxyl groups is 1. The van der Waals surface area contributed by atoms with E-state index >= 15 is 0 Å². The number of aryl methyl sites for hydroxylation is 1. The highest BCUT2D eigenvalue weighted by atomic mass is 127. The molecule has 0 saturated carbocycles. The van der Waals surface area contributed by atoms with E-state index in [0.29, 0.717) is 16.6 Å². The number of nitrogens with zero attached hydrogens (tertiary/aromatic N) is 4. The molecular weight excluding hydrogens is 743 g/mol. The molecule has 2 aromatic heterocycles. The molecule has 1 atom stereocenters. The highest BCUT2D eigenvalue weighted by Gasteiger charge is 2.36. The topological polar surface area (TPSA) is 77.4 Å². The standard InChI is InChI=1S/C25H21Cl2I2N5OS/c1-2-3-4-21-31-22(24(27)32-21)20-11-18(16-9-15(28)10-17(29)23(16)35)33-34(20)25-30-19(12-36-25)13-5-7-14(26)8-6-13/h5-10,12,20,35H,2-4,11H2,1H3,(H,31,32). The Hall–Kier alpha value is -1.41. The van der Waals surface area contributed by atoms with Crippen LogP contribution in [0.5, 0.6) is 5.75 Å². The maximum atomic E-state index is 10.8. The fourth-order valence-corrected chi connectivity index (χ4v) is 7.16. The molecule has 11 heteroatoms. The second kappa shape index (κ2) is 11.1. The molecule has 6 nitrogen and oxygen atoms in total. The van der Waals surface area contributed by atoms with Crippen LogP contribution in [0.25, 0.3) is 11.3 Å². The van der Waals surface area contributed by atoms with E-state index in [1.165, 1.54) is 11.3 Å². The van der Waals surface area contributed by atoms with Crippen LogP contribution < -0.4 is 5.01 Å². The van der Waals surface area contributed by atoms with Crippen LogP contribution in [0.15, 0.2) is 46.9 Å². The lowest BCUT2D eigenvalue weighted by atomic mass is 10.0. The first-order valence-corrected chi connectivity index (χ1v) is 15.1. The van der Waals surface area contributed by atoms with E-state index in [9.17, 15) is 5.11 Å². The molecule has 2 N–H and O–H groups in total. The van der Waals surface area contributed by atoms with Gasteiger partial charge in [0, 0.05) is 37.9 Å². The number of H-pyrrole nitrogens is 1. The fourth-order valence-electron chi connectivity index (χ4n) is 4.08. The zero-order valence-electron chi connectivity index (χ0n) is 19.1. The summed E-state index contributed by atoms with van der Waals surface area (Å²) >= 11 is 18.6. The Balaban J connectivity index is 1.56. The minimum absolute atomic E-state index is 0.227. The number of aromatic amines is 1. The number of rotatable bonds is 7. The second-order valence-electron chi connectivity index (χ2n) is 8.41. The molecule has 0 saturated heterocycles. The molecular formula is C25H21Cl2I2N5OS. The molecule has 0 aliphatic carbocycles. The van der Waals surface area contributed by atoms with Crippen molar-refractivity contribution in [3.8, 4) is 17.0 Å². The Kier molecular flexibility index (Phi) is 8.11. The van der Waals surface area contributed by atoms with Gasteiger partial charge in [0.2, 0.25) is 5.13 Å². The molecule has 3 heterocycles. The van der Waals surface area contributed by atoms with Gasteiger partial charge in [-0.1, -0.05) is 48.7 Å². The number of hydrazone groups is 1. The number of phenolic OH excluding ortho intramolecular Hbond substituents is 1. The van der Waals surface area contributed by atoms with E-state index < -0.39 is 0 Å². The van der Waals surface area contributed by atoms with Crippen LogP contribution in [0.3, 0.4) is 0 Å². The Morgan fingerprint density at radius 3 is 2.69 bits per heavy atom. The van der Waals surface area contributed by atoms with Gasteiger partial charge in [-0.2, -0.15) is 5.10 Å². The molecule has 1 unspecified atom stereocenters. The van der Waals surface area contributed by atoms with Gasteiger partial charge in [0.25, 0.3) is 0 Å². The number of imidazole rings is 1. The van der Waals surface area contributed by atoms with Crippen LogP contribution in [0.2, 0.25) is 10.2 Å². The van der Waals surface area contributed by atoms with Crippen LogP contribution in [0.4, 0.5) is 5.13 Å². The van der Waals surface area contributed by atoms with Crippen LogP contribution in [-0.4, -0.2) is 25.8 Å². The zero-order valence-corrected chi connectivity index (χ0v) is 25.7. The lowest BCUT2D eigenvalue weighted by Crippen LogP contribution is -2.19. The first-order chi connectivity index (χ1) is 17.3. The lowest BCUT2D eigenvalue weighted by Gasteiger charge is -2.20. The molecule has 2 aromatic carbocycles. The Labute approximate surface area is 250 Å². The van der Waals surface area contributed by atoms with Gasteiger partial charge in [-0.3, -0.25) is 0 Å². The third-order valence-corrected chi connectivity index (χ3v) is 8.73. The van der Waals surface area contributed by atoms with E-state index in [1.54, 1.807) is 0 Å². The molecule has 1 aliphatic rings. The minimum Gasteiger partial charge on any atom is -0.506 e. The van der Waals surface area contributed by atoms with Crippen molar-refractivity contribution in [1.29, 1.82) is 0 Å². The lowest BCUT2D eigenvalue weighted by molar-refractivity contribution is 0.470. The van der Waals surface area contributed by atoms with Gasteiger partial charge in [0.1, 0.15) is 17.6 Å². The summed E-state index contributed by atoms with van der Waals surface area (Å²) in [6.45, 7) is 2.15. The van der Waals surface area contributed by atoms with Crippen LogP contribution in [0.1, 0.15) is 49.3 Å². The molecule has 0 radical (unpaired) electrons. The monoisotopic (exact) mass is 763 g/mol. The van der Waals surface area contributed by atoms with Crippen molar-refractivity contribution in [3.05, 3.63) is 76.2 Å². The molecule has 36 heavy (non-hydrogen) atoms. The summed E-state index contributed by atoms with van der Waals surface area (Å²) in [5.41, 5.74) is 4.13. The van der Waals surface area contributed by atoms with Crippen LogP contribution in [0, 0.1) is 7.14 Å². The van der Waals surface area contributed by atoms with Gasteiger partial charge < -0.3 is 10.1 Å². The van der Waals surface area contributed by atoms with Crippen LogP contribution in [-0.2, 0) is 6.42 Å². The molecule has 0 bridgehead atoms. The summed E-state index contributed by atoms with van der Waals surface area (Å²) in [5, 5.41) is 21.6. The van der Waals surface area contributed by atoms with Crippen molar-refractivity contribution in [2.75, 3.05) is 5.01 Å². The first kappa shape index (κ1) is 26.2. The summed E-state index contributed by atoms with van der Waals surface area (Å²) in [5.74, 6) is 1.11. The smallest absolute Gasteiger partial charge is 0.207 e. The number of unbranched alkanes of at least 4 members (excludes halogenated alkanes) is 1. The highest BCUT2D eigenvalue weighted by Crippen LogP contribution is 2.42. The predicted octanol–water partition coefficient (Wildman–Crippen LogP) is 8.45. The van der Waals surface area contributed by atoms with Gasteiger partial charge in [0.05, 0.1) is 20.7 Å². The Morgan fingerprint density at radius 1 is 1.17 bits per heavy atom. The maximum Gasteiger partial charge on any atom is 0.207 e. The number of halogens is 4. The molecule has 4 aromatic rings. The number of thiazole rings is 1. The molecule has 5 rings (SSSR count). The predicted molar refractivity (Wildman–Crippen MR) is 165 cm³/mol. The van der Waals surface area contributed by atoms with E-state index in [-0.39, 0.29) is 11.8 Å². The van der Waals surface area contributed by atoms with Gasteiger partial charge in [-0.05, 0) is 75.9 Å². The van der Waals surface area contributed by atoms with Crippen molar-refractivity contribution < 1.29 is 5.11 Å². The average molecular weight is 764 g/mol.